The quantitative estimate of drug-likeness (QED) is 0.797. The van der Waals surface area contributed by atoms with Gasteiger partial charge in [0.15, 0.2) is 0 Å². The summed E-state index contributed by atoms with van der Waals surface area (Å²) in [6.07, 6.45) is 5.14. The molecule has 1 saturated carbocycles. The van der Waals surface area contributed by atoms with E-state index in [2.05, 4.69) is 31.0 Å². The van der Waals surface area contributed by atoms with Crippen molar-refractivity contribution < 1.29 is 4.79 Å². The first kappa shape index (κ1) is 12.9. The molecule has 2 atom stereocenters. The minimum atomic E-state index is 0.00593. The van der Waals surface area contributed by atoms with Crippen LogP contribution in [0.2, 0.25) is 0 Å². The average molecular weight is 238 g/mol. The normalized spacial score (nSPS) is 31.4. The molecule has 1 aliphatic heterocycles. The van der Waals surface area contributed by atoms with E-state index < -0.39 is 0 Å². The van der Waals surface area contributed by atoms with Gasteiger partial charge < -0.3 is 4.90 Å². The summed E-state index contributed by atoms with van der Waals surface area (Å²) in [4.78, 5) is 14.3. The number of nitrogens with one attached hydrogen (secondary N) is 1. The highest BCUT2D eigenvalue weighted by atomic mass is 16.2. The summed E-state index contributed by atoms with van der Waals surface area (Å²) in [5.41, 5.74) is 0.455. The predicted molar refractivity (Wildman–Crippen MR) is 69.5 cm³/mol. The summed E-state index contributed by atoms with van der Waals surface area (Å²) in [5.74, 6) is 0.931. The molecule has 0 aromatic rings. The van der Waals surface area contributed by atoms with Gasteiger partial charge in [0.25, 0.3) is 0 Å². The maximum absolute atomic E-state index is 12.2. The topological polar surface area (TPSA) is 32.3 Å². The van der Waals surface area contributed by atoms with Gasteiger partial charge in [0.2, 0.25) is 5.91 Å². The fourth-order valence-corrected chi connectivity index (χ4v) is 2.84. The smallest absolute Gasteiger partial charge is 0.240 e. The second-order valence-corrected chi connectivity index (χ2v) is 6.35. The van der Waals surface area contributed by atoms with Crippen molar-refractivity contribution >= 4 is 5.91 Å². The molecule has 1 aliphatic carbocycles. The third kappa shape index (κ3) is 2.65. The fraction of sp³-hybridized carbons (Fsp3) is 0.929. The first-order valence-electron chi connectivity index (χ1n) is 7.04. The van der Waals surface area contributed by atoms with Crippen LogP contribution in [0, 0.1) is 11.3 Å². The zero-order chi connectivity index (χ0) is 12.6. The molecule has 0 aromatic heterocycles. The van der Waals surface area contributed by atoms with Crippen LogP contribution in [0.3, 0.4) is 0 Å². The Bertz CT molecular complexity index is 297. The molecule has 1 N–H and O–H groups in total. The molecule has 0 spiro atoms. The molecule has 2 unspecified atom stereocenters. The van der Waals surface area contributed by atoms with Crippen molar-refractivity contribution in [3.8, 4) is 0 Å². The molecular weight excluding hydrogens is 212 g/mol. The SMILES string of the molecule is CCC1(CN2C(=O)C(C)NC2CC(C)C)CC1. The van der Waals surface area contributed by atoms with E-state index in [0.717, 1.165) is 13.0 Å². The van der Waals surface area contributed by atoms with Crippen molar-refractivity contribution in [2.75, 3.05) is 6.54 Å². The van der Waals surface area contributed by atoms with Gasteiger partial charge in [0, 0.05) is 6.54 Å². The number of hydrogen-bond donors (Lipinski definition) is 1. The zero-order valence-corrected chi connectivity index (χ0v) is 11.6. The number of amides is 1. The first-order chi connectivity index (χ1) is 7.97. The van der Waals surface area contributed by atoms with Crippen LogP contribution in [0.1, 0.15) is 53.4 Å². The van der Waals surface area contributed by atoms with Crippen LogP contribution < -0.4 is 5.32 Å². The lowest BCUT2D eigenvalue weighted by atomic mass is 10.0. The van der Waals surface area contributed by atoms with Gasteiger partial charge in [-0.3, -0.25) is 10.1 Å². The molecule has 0 radical (unpaired) electrons. The van der Waals surface area contributed by atoms with E-state index in [1.54, 1.807) is 0 Å². The average Bonchev–Trinajstić information content (AvgIpc) is 2.99. The van der Waals surface area contributed by atoms with E-state index in [4.69, 9.17) is 0 Å². The Morgan fingerprint density at radius 3 is 2.59 bits per heavy atom. The zero-order valence-electron chi connectivity index (χ0n) is 11.6. The summed E-state index contributed by atoms with van der Waals surface area (Å²) in [6, 6.07) is 0.00593. The van der Waals surface area contributed by atoms with Gasteiger partial charge >= 0.3 is 0 Å². The Hall–Kier alpha value is -0.570. The van der Waals surface area contributed by atoms with Crippen LogP contribution in [0.5, 0.6) is 0 Å². The van der Waals surface area contributed by atoms with E-state index in [9.17, 15) is 4.79 Å². The number of rotatable bonds is 5. The number of hydrogen-bond acceptors (Lipinski definition) is 2. The molecule has 2 aliphatic rings. The first-order valence-corrected chi connectivity index (χ1v) is 7.04. The van der Waals surface area contributed by atoms with Crippen molar-refractivity contribution in [3.63, 3.8) is 0 Å². The molecule has 2 rings (SSSR count). The van der Waals surface area contributed by atoms with Crippen LogP contribution in [-0.4, -0.2) is 29.6 Å². The fourth-order valence-electron chi connectivity index (χ4n) is 2.84. The second kappa shape index (κ2) is 4.60. The predicted octanol–water partition coefficient (Wildman–Crippen LogP) is 2.37. The molecule has 3 heteroatoms. The molecule has 1 amide bonds. The third-order valence-electron chi connectivity index (χ3n) is 4.38. The number of nitrogens with zero attached hydrogens (tertiary/aromatic N) is 1. The molecule has 17 heavy (non-hydrogen) atoms. The van der Waals surface area contributed by atoms with Gasteiger partial charge in [0.05, 0.1) is 12.2 Å². The van der Waals surface area contributed by atoms with E-state index in [0.29, 0.717) is 17.2 Å². The van der Waals surface area contributed by atoms with Gasteiger partial charge in [-0.25, -0.2) is 0 Å². The maximum atomic E-state index is 12.2. The van der Waals surface area contributed by atoms with Crippen LogP contribution in [-0.2, 0) is 4.79 Å². The van der Waals surface area contributed by atoms with E-state index in [1.807, 2.05) is 6.92 Å². The highest BCUT2D eigenvalue weighted by molar-refractivity contribution is 5.84. The van der Waals surface area contributed by atoms with Crippen molar-refractivity contribution in [1.29, 1.82) is 0 Å². The highest BCUT2D eigenvalue weighted by Gasteiger charge is 2.47. The van der Waals surface area contributed by atoms with Crippen molar-refractivity contribution in [1.82, 2.24) is 10.2 Å². The molecule has 2 fully saturated rings. The molecule has 3 nitrogen and oxygen atoms in total. The highest BCUT2D eigenvalue weighted by Crippen LogP contribution is 2.49. The van der Waals surface area contributed by atoms with Gasteiger partial charge in [-0.1, -0.05) is 20.8 Å². The molecular formula is C14H26N2O. The van der Waals surface area contributed by atoms with Crippen LogP contribution >= 0.6 is 0 Å². The van der Waals surface area contributed by atoms with Crippen molar-refractivity contribution in [2.45, 2.75) is 65.6 Å². The van der Waals surface area contributed by atoms with Crippen LogP contribution in [0.25, 0.3) is 0 Å². The van der Waals surface area contributed by atoms with E-state index >= 15 is 0 Å². The van der Waals surface area contributed by atoms with Gasteiger partial charge in [-0.15, -0.1) is 0 Å². The standard InChI is InChI=1S/C14H26N2O/c1-5-14(6-7-14)9-16-12(8-10(2)3)15-11(4)13(16)17/h10-12,15H,5-9H2,1-4H3. The van der Waals surface area contributed by atoms with Gasteiger partial charge in [0.1, 0.15) is 0 Å². The third-order valence-corrected chi connectivity index (χ3v) is 4.38. The van der Waals surface area contributed by atoms with E-state index in [-0.39, 0.29) is 12.2 Å². The Morgan fingerprint density at radius 1 is 1.47 bits per heavy atom. The van der Waals surface area contributed by atoms with Crippen LogP contribution in [0.15, 0.2) is 0 Å². The van der Waals surface area contributed by atoms with Crippen molar-refractivity contribution in [3.05, 3.63) is 0 Å². The maximum Gasteiger partial charge on any atom is 0.240 e. The number of carbonyl (C=O) groups excluding carboxylic acids is 1. The molecule has 0 aromatic carbocycles. The summed E-state index contributed by atoms with van der Waals surface area (Å²) >= 11 is 0. The summed E-state index contributed by atoms with van der Waals surface area (Å²) in [7, 11) is 0. The lowest BCUT2D eigenvalue weighted by Crippen LogP contribution is -2.41. The van der Waals surface area contributed by atoms with Crippen LogP contribution in [0.4, 0.5) is 0 Å². The minimum absolute atomic E-state index is 0.00593. The Balaban J connectivity index is 2.02. The lowest BCUT2D eigenvalue weighted by molar-refractivity contribution is -0.130. The Morgan fingerprint density at radius 2 is 2.12 bits per heavy atom. The van der Waals surface area contributed by atoms with Gasteiger partial charge in [-0.2, -0.15) is 0 Å². The molecule has 0 bridgehead atoms. The summed E-state index contributed by atoms with van der Waals surface area (Å²) in [6.45, 7) is 9.65. The van der Waals surface area contributed by atoms with Gasteiger partial charge in [-0.05, 0) is 43.9 Å². The second-order valence-electron chi connectivity index (χ2n) is 6.35. The summed E-state index contributed by atoms with van der Waals surface area (Å²) < 4.78 is 0. The van der Waals surface area contributed by atoms with E-state index in [1.165, 1.54) is 19.3 Å². The minimum Gasteiger partial charge on any atom is -0.325 e. The lowest BCUT2D eigenvalue weighted by Gasteiger charge is -2.29. The summed E-state index contributed by atoms with van der Waals surface area (Å²) in [5, 5.41) is 3.44. The Labute approximate surface area is 105 Å². The molecule has 1 heterocycles. The monoisotopic (exact) mass is 238 g/mol. The number of carbonyl (C=O) groups is 1. The van der Waals surface area contributed by atoms with Crippen molar-refractivity contribution in [2.24, 2.45) is 11.3 Å². The Kier molecular flexibility index (Phi) is 3.48. The molecule has 98 valence electrons. The largest absolute Gasteiger partial charge is 0.325 e. The molecule has 1 saturated heterocycles.